The number of carbonyl (C=O) groups is 2. The summed E-state index contributed by atoms with van der Waals surface area (Å²) in [4.78, 5) is 35.9. The van der Waals surface area contributed by atoms with Gasteiger partial charge < -0.3 is 5.32 Å². The van der Waals surface area contributed by atoms with Crippen molar-refractivity contribution < 1.29 is 9.59 Å². The van der Waals surface area contributed by atoms with Crippen LogP contribution in [0, 0.1) is 0 Å². The number of thioether (sulfide) groups is 1. The molecule has 0 spiro atoms. The van der Waals surface area contributed by atoms with Gasteiger partial charge in [-0.15, -0.1) is 11.3 Å². The quantitative estimate of drug-likeness (QED) is 0.546. The van der Waals surface area contributed by atoms with Crippen LogP contribution in [-0.2, 0) is 9.59 Å². The molecular formula is C20H15BrN4O2S2. The third-order valence-electron chi connectivity index (χ3n) is 4.06. The van der Waals surface area contributed by atoms with Gasteiger partial charge in [-0.1, -0.05) is 45.9 Å². The molecule has 6 nitrogen and oxygen atoms in total. The molecule has 0 bridgehead atoms. The number of rotatable bonds is 5. The second-order valence-electron chi connectivity index (χ2n) is 6.08. The number of anilines is 2. The third-order valence-corrected chi connectivity index (χ3v) is 6.39. The van der Waals surface area contributed by atoms with Crippen LogP contribution in [-0.4, -0.2) is 27.2 Å². The number of aromatic nitrogens is 1. The van der Waals surface area contributed by atoms with Gasteiger partial charge in [-0.25, -0.2) is 4.98 Å². The molecule has 2 amide bonds. The Bertz CT molecular complexity index is 1040. The van der Waals surface area contributed by atoms with Crippen LogP contribution in [0.3, 0.4) is 0 Å². The maximum Gasteiger partial charge on any atom is 0.247 e. The Hall–Kier alpha value is -2.49. The largest absolute Gasteiger partial charge is 0.326 e. The summed E-state index contributed by atoms with van der Waals surface area (Å²) < 4.78 is 0.929. The predicted octanol–water partition coefficient (Wildman–Crippen LogP) is 5.07. The molecule has 9 heteroatoms. The zero-order valence-corrected chi connectivity index (χ0v) is 18.2. The Morgan fingerprint density at radius 1 is 1.17 bits per heavy atom. The zero-order chi connectivity index (χ0) is 20.2. The molecule has 0 aliphatic carbocycles. The summed E-state index contributed by atoms with van der Waals surface area (Å²) in [6.45, 7) is 0. The van der Waals surface area contributed by atoms with Crippen molar-refractivity contribution in [1.82, 2.24) is 4.98 Å². The summed E-state index contributed by atoms with van der Waals surface area (Å²) in [6.07, 6.45) is 1.72. The van der Waals surface area contributed by atoms with Gasteiger partial charge in [0.2, 0.25) is 16.9 Å². The van der Waals surface area contributed by atoms with Gasteiger partial charge in [-0.2, -0.15) is 4.99 Å². The summed E-state index contributed by atoms with van der Waals surface area (Å²) in [5.74, 6) is -0.385. The molecule has 2 aromatic carbocycles. The zero-order valence-electron chi connectivity index (χ0n) is 15.0. The van der Waals surface area contributed by atoms with E-state index in [1.54, 1.807) is 23.2 Å². The standard InChI is InChI=1S/C20H15BrN4O2S2/c21-13-6-8-14(9-7-13)23-17(26)12-16-18(27)25(15-4-2-1-3-5-15)20(29-16)24-19-22-10-11-28-19/h1-11,16H,12H2,(H,23,26). The van der Waals surface area contributed by atoms with E-state index >= 15 is 0 Å². The van der Waals surface area contributed by atoms with E-state index in [9.17, 15) is 9.59 Å². The first kappa shape index (κ1) is 19.8. The van der Waals surface area contributed by atoms with Crippen LogP contribution < -0.4 is 10.2 Å². The van der Waals surface area contributed by atoms with Crippen LogP contribution >= 0.6 is 39.0 Å². The lowest BCUT2D eigenvalue weighted by molar-refractivity contribution is -0.121. The number of thiazole rings is 1. The average molecular weight is 487 g/mol. The third kappa shape index (κ3) is 4.75. The van der Waals surface area contributed by atoms with E-state index in [1.807, 2.05) is 47.8 Å². The minimum Gasteiger partial charge on any atom is -0.326 e. The van der Waals surface area contributed by atoms with E-state index in [1.165, 1.54) is 23.1 Å². The van der Waals surface area contributed by atoms with E-state index in [0.717, 1.165) is 10.2 Å². The molecule has 1 aromatic heterocycles. The number of hydrogen-bond acceptors (Lipinski definition) is 6. The number of carbonyl (C=O) groups excluding carboxylic acids is 2. The van der Waals surface area contributed by atoms with E-state index in [4.69, 9.17) is 0 Å². The highest BCUT2D eigenvalue weighted by molar-refractivity contribution is 9.10. The fourth-order valence-corrected chi connectivity index (χ4v) is 4.72. The maximum absolute atomic E-state index is 13.1. The molecule has 1 unspecified atom stereocenters. The Morgan fingerprint density at radius 3 is 2.62 bits per heavy atom. The van der Waals surface area contributed by atoms with Crippen LogP contribution in [0.25, 0.3) is 0 Å². The van der Waals surface area contributed by atoms with Crippen LogP contribution in [0.2, 0.25) is 0 Å². The van der Waals surface area contributed by atoms with Crippen molar-refractivity contribution in [2.75, 3.05) is 10.2 Å². The number of benzene rings is 2. The van der Waals surface area contributed by atoms with Gasteiger partial charge in [-0.05, 0) is 36.4 Å². The first-order chi connectivity index (χ1) is 14.1. The number of amides is 2. The summed E-state index contributed by atoms with van der Waals surface area (Å²) in [7, 11) is 0. The number of nitrogens with one attached hydrogen (secondary N) is 1. The molecule has 146 valence electrons. The van der Waals surface area contributed by atoms with E-state index in [2.05, 4.69) is 31.2 Å². The number of aliphatic imine (C=N–C) groups is 1. The SMILES string of the molecule is O=C(CC1SC(=Nc2nccs2)N(c2ccccc2)C1=O)Nc1ccc(Br)cc1. The number of para-hydroxylation sites is 1. The fourth-order valence-electron chi connectivity index (χ4n) is 2.76. The normalized spacial score (nSPS) is 17.7. The first-order valence-electron chi connectivity index (χ1n) is 8.69. The van der Waals surface area contributed by atoms with Crippen molar-refractivity contribution in [3.05, 3.63) is 70.6 Å². The minimum absolute atomic E-state index is 0.0553. The number of hydrogen-bond donors (Lipinski definition) is 1. The van der Waals surface area contributed by atoms with Crippen molar-refractivity contribution in [2.24, 2.45) is 4.99 Å². The van der Waals surface area contributed by atoms with E-state index in [-0.39, 0.29) is 18.2 Å². The van der Waals surface area contributed by atoms with Gasteiger partial charge >= 0.3 is 0 Å². The Balaban J connectivity index is 1.54. The van der Waals surface area contributed by atoms with Gasteiger partial charge in [-0.3, -0.25) is 14.5 Å². The molecule has 1 atom stereocenters. The molecule has 1 aliphatic rings. The summed E-state index contributed by atoms with van der Waals surface area (Å²) >= 11 is 6.05. The number of halogens is 1. The van der Waals surface area contributed by atoms with Crippen molar-refractivity contribution in [1.29, 1.82) is 0 Å². The topological polar surface area (TPSA) is 74.7 Å². The van der Waals surface area contributed by atoms with Gasteiger partial charge in [0, 0.05) is 28.2 Å². The van der Waals surface area contributed by atoms with Gasteiger partial charge in [0.15, 0.2) is 5.17 Å². The van der Waals surface area contributed by atoms with Crippen LogP contribution in [0.5, 0.6) is 0 Å². The number of nitrogens with zero attached hydrogens (tertiary/aromatic N) is 3. The van der Waals surface area contributed by atoms with Crippen LogP contribution in [0.1, 0.15) is 6.42 Å². The Morgan fingerprint density at radius 2 is 1.93 bits per heavy atom. The summed E-state index contributed by atoms with van der Waals surface area (Å²) in [5, 5.41) is 5.21. The highest BCUT2D eigenvalue weighted by Gasteiger charge is 2.40. The summed E-state index contributed by atoms with van der Waals surface area (Å²) in [5.41, 5.74) is 1.40. The highest BCUT2D eigenvalue weighted by Crippen LogP contribution is 2.35. The molecule has 1 fully saturated rings. The van der Waals surface area contributed by atoms with Crippen LogP contribution in [0.4, 0.5) is 16.5 Å². The fraction of sp³-hybridized carbons (Fsp3) is 0.100. The van der Waals surface area contributed by atoms with Gasteiger partial charge in [0.05, 0.1) is 5.69 Å². The highest BCUT2D eigenvalue weighted by atomic mass is 79.9. The van der Waals surface area contributed by atoms with Crippen LogP contribution in [0.15, 0.2) is 75.6 Å². The lowest BCUT2D eigenvalue weighted by Crippen LogP contribution is -2.33. The number of amidine groups is 1. The molecular weight excluding hydrogens is 472 g/mol. The van der Waals surface area contributed by atoms with Crippen molar-refractivity contribution in [3.8, 4) is 0 Å². The van der Waals surface area contributed by atoms with Crippen molar-refractivity contribution in [3.63, 3.8) is 0 Å². The molecule has 1 aliphatic heterocycles. The predicted molar refractivity (Wildman–Crippen MR) is 122 cm³/mol. The minimum atomic E-state index is -0.552. The van der Waals surface area contributed by atoms with Gasteiger partial charge in [0.25, 0.3) is 0 Å². The average Bonchev–Trinajstić information content (AvgIpc) is 3.33. The molecule has 29 heavy (non-hydrogen) atoms. The maximum atomic E-state index is 13.1. The molecule has 1 N–H and O–H groups in total. The van der Waals surface area contributed by atoms with Crippen molar-refractivity contribution in [2.45, 2.75) is 11.7 Å². The molecule has 0 radical (unpaired) electrons. The lowest BCUT2D eigenvalue weighted by Gasteiger charge is -2.16. The second-order valence-corrected chi connectivity index (χ2v) is 9.04. The lowest BCUT2D eigenvalue weighted by atomic mass is 10.2. The summed E-state index contributed by atoms with van der Waals surface area (Å²) in [6, 6.07) is 16.6. The van der Waals surface area contributed by atoms with Gasteiger partial charge in [0.1, 0.15) is 5.25 Å². The first-order valence-corrected chi connectivity index (χ1v) is 11.2. The molecule has 1 saturated heterocycles. The molecule has 0 saturated carbocycles. The second kappa shape index (κ2) is 8.89. The van der Waals surface area contributed by atoms with E-state index < -0.39 is 5.25 Å². The monoisotopic (exact) mass is 486 g/mol. The van der Waals surface area contributed by atoms with Crippen molar-refractivity contribution >= 4 is 72.5 Å². The Kier molecular flexibility index (Phi) is 6.08. The Labute approximate surface area is 184 Å². The molecule has 3 aromatic rings. The van der Waals surface area contributed by atoms with E-state index in [0.29, 0.717) is 16.0 Å². The molecule has 4 rings (SSSR count). The molecule has 2 heterocycles. The smallest absolute Gasteiger partial charge is 0.247 e.